The maximum absolute atomic E-state index is 11.0. The lowest BCUT2D eigenvalue weighted by Crippen LogP contribution is -2.08. The maximum Gasteiger partial charge on any atom is 0.335 e. The zero-order valence-electron chi connectivity index (χ0n) is 10.4. The first-order valence-corrected chi connectivity index (χ1v) is 5.24. The van der Waals surface area contributed by atoms with Crippen LogP contribution in [0.4, 0.5) is 0 Å². The average molecular weight is 264 g/mol. The van der Waals surface area contributed by atoms with Crippen molar-refractivity contribution in [1.82, 2.24) is 0 Å². The van der Waals surface area contributed by atoms with Crippen LogP contribution in [0.5, 0.6) is 11.5 Å². The molecule has 6 heteroatoms. The number of aliphatic carboxylic acids is 1. The predicted octanol–water partition coefficient (Wildman–Crippen LogP) is 1.64. The standard InChI is InChI=1S/C13H12O6/c1-7(13(16)17)10-4-5-11(18-8(2)14)12(6-10)19-9(3)15/h4-6H,1H2,2-3H3,(H,16,17). The van der Waals surface area contributed by atoms with Gasteiger partial charge in [-0.25, -0.2) is 4.79 Å². The number of ether oxygens (including phenoxy) is 2. The van der Waals surface area contributed by atoms with E-state index in [0.717, 1.165) is 0 Å². The van der Waals surface area contributed by atoms with E-state index in [0.29, 0.717) is 0 Å². The van der Waals surface area contributed by atoms with Gasteiger partial charge in [-0.2, -0.15) is 0 Å². The molecule has 0 atom stereocenters. The number of carboxylic acids is 1. The Bertz CT molecular complexity index is 558. The number of hydrogen-bond donors (Lipinski definition) is 1. The van der Waals surface area contributed by atoms with Gasteiger partial charge in [-0.05, 0) is 17.7 Å². The minimum Gasteiger partial charge on any atom is -0.478 e. The Hall–Kier alpha value is -2.63. The van der Waals surface area contributed by atoms with E-state index >= 15 is 0 Å². The molecule has 0 fully saturated rings. The van der Waals surface area contributed by atoms with E-state index in [-0.39, 0.29) is 22.6 Å². The lowest BCUT2D eigenvalue weighted by Gasteiger charge is -2.10. The lowest BCUT2D eigenvalue weighted by molar-refractivity contribution is -0.134. The van der Waals surface area contributed by atoms with Gasteiger partial charge in [0.2, 0.25) is 0 Å². The normalized spacial score (nSPS) is 9.58. The van der Waals surface area contributed by atoms with Crippen molar-refractivity contribution in [2.75, 3.05) is 0 Å². The minimum atomic E-state index is -1.20. The van der Waals surface area contributed by atoms with Gasteiger partial charge in [0.1, 0.15) is 0 Å². The van der Waals surface area contributed by atoms with Crippen LogP contribution >= 0.6 is 0 Å². The molecule has 0 aliphatic rings. The summed E-state index contributed by atoms with van der Waals surface area (Å²) >= 11 is 0. The number of carbonyl (C=O) groups excluding carboxylic acids is 2. The summed E-state index contributed by atoms with van der Waals surface area (Å²) in [5.41, 5.74) is 0.0856. The second-order valence-corrected chi connectivity index (χ2v) is 3.63. The molecule has 0 saturated heterocycles. The Labute approximate surface area is 109 Å². The average Bonchev–Trinajstić information content (AvgIpc) is 2.29. The molecule has 6 nitrogen and oxygen atoms in total. The van der Waals surface area contributed by atoms with E-state index in [1.54, 1.807) is 0 Å². The molecule has 100 valence electrons. The van der Waals surface area contributed by atoms with Crippen molar-refractivity contribution in [3.05, 3.63) is 30.3 Å². The fourth-order valence-corrected chi connectivity index (χ4v) is 1.29. The van der Waals surface area contributed by atoms with Crippen LogP contribution in [0.1, 0.15) is 19.4 Å². The van der Waals surface area contributed by atoms with Gasteiger partial charge in [0, 0.05) is 13.8 Å². The number of hydrogen-bond acceptors (Lipinski definition) is 5. The zero-order valence-corrected chi connectivity index (χ0v) is 10.4. The molecule has 0 heterocycles. The van der Waals surface area contributed by atoms with Crippen LogP contribution in [0.15, 0.2) is 24.8 Å². The topological polar surface area (TPSA) is 89.9 Å². The van der Waals surface area contributed by atoms with Gasteiger partial charge in [0.15, 0.2) is 11.5 Å². The molecule has 0 aromatic heterocycles. The largest absolute Gasteiger partial charge is 0.478 e. The van der Waals surface area contributed by atoms with Gasteiger partial charge in [-0.1, -0.05) is 12.6 Å². The van der Waals surface area contributed by atoms with Crippen LogP contribution in [-0.2, 0) is 14.4 Å². The third-order valence-corrected chi connectivity index (χ3v) is 2.06. The van der Waals surface area contributed by atoms with Crippen LogP contribution in [0.2, 0.25) is 0 Å². The third-order valence-electron chi connectivity index (χ3n) is 2.06. The van der Waals surface area contributed by atoms with Crippen LogP contribution < -0.4 is 9.47 Å². The Balaban J connectivity index is 3.21. The minimum absolute atomic E-state index is 0.0321. The molecule has 1 N–H and O–H groups in total. The SMILES string of the molecule is C=C(C(=O)O)c1ccc(OC(C)=O)c(OC(C)=O)c1. The van der Waals surface area contributed by atoms with Crippen LogP contribution in [0.25, 0.3) is 5.57 Å². The Kier molecular flexibility index (Phi) is 4.41. The highest BCUT2D eigenvalue weighted by molar-refractivity contribution is 6.14. The molecule has 0 bridgehead atoms. The molecule has 0 unspecified atom stereocenters. The molecular weight excluding hydrogens is 252 g/mol. The molecule has 0 radical (unpaired) electrons. The summed E-state index contributed by atoms with van der Waals surface area (Å²) in [4.78, 5) is 32.7. The first-order chi connectivity index (χ1) is 8.81. The Morgan fingerprint density at radius 2 is 1.58 bits per heavy atom. The molecule has 0 amide bonds. The van der Waals surface area contributed by atoms with E-state index < -0.39 is 17.9 Å². The highest BCUT2D eigenvalue weighted by Crippen LogP contribution is 2.31. The molecule has 1 rings (SSSR count). The summed E-state index contributed by atoms with van der Waals surface area (Å²) < 4.78 is 9.71. The van der Waals surface area contributed by atoms with E-state index in [1.165, 1.54) is 32.0 Å². The van der Waals surface area contributed by atoms with Gasteiger partial charge in [-0.15, -0.1) is 0 Å². The fourth-order valence-electron chi connectivity index (χ4n) is 1.29. The second-order valence-electron chi connectivity index (χ2n) is 3.63. The van der Waals surface area contributed by atoms with Crippen molar-refractivity contribution in [3.8, 4) is 11.5 Å². The summed E-state index contributed by atoms with van der Waals surface area (Å²) in [7, 11) is 0. The van der Waals surface area contributed by atoms with Gasteiger partial charge in [0.25, 0.3) is 0 Å². The molecule has 19 heavy (non-hydrogen) atoms. The summed E-state index contributed by atoms with van der Waals surface area (Å²) in [6, 6.07) is 4.01. The van der Waals surface area contributed by atoms with E-state index in [2.05, 4.69) is 6.58 Å². The number of carboxylic acid groups (broad SMARTS) is 1. The van der Waals surface area contributed by atoms with Crippen LogP contribution in [0.3, 0.4) is 0 Å². The quantitative estimate of drug-likeness (QED) is 0.505. The lowest BCUT2D eigenvalue weighted by atomic mass is 10.1. The molecule has 1 aromatic rings. The van der Waals surface area contributed by atoms with Gasteiger partial charge >= 0.3 is 17.9 Å². The van der Waals surface area contributed by atoms with Crippen molar-refractivity contribution < 1.29 is 29.0 Å². The molecule has 0 spiro atoms. The highest BCUT2D eigenvalue weighted by atomic mass is 16.6. The molecule has 0 saturated carbocycles. The summed E-state index contributed by atoms with van der Waals surface area (Å²) in [6.45, 7) is 5.76. The number of carbonyl (C=O) groups is 3. The summed E-state index contributed by atoms with van der Waals surface area (Å²) in [5, 5.41) is 8.83. The summed E-state index contributed by atoms with van der Waals surface area (Å²) in [6.07, 6.45) is 0. The highest BCUT2D eigenvalue weighted by Gasteiger charge is 2.14. The molecular formula is C13H12O6. The van der Waals surface area contributed by atoms with Crippen molar-refractivity contribution in [2.45, 2.75) is 13.8 Å². The van der Waals surface area contributed by atoms with Crippen LogP contribution in [0, 0.1) is 0 Å². The summed E-state index contributed by atoms with van der Waals surface area (Å²) in [5.74, 6) is -2.41. The first kappa shape index (κ1) is 14.4. The van der Waals surface area contributed by atoms with Crippen molar-refractivity contribution in [1.29, 1.82) is 0 Å². The smallest absolute Gasteiger partial charge is 0.335 e. The van der Waals surface area contributed by atoms with Crippen LogP contribution in [-0.4, -0.2) is 23.0 Å². The zero-order chi connectivity index (χ0) is 14.6. The van der Waals surface area contributed by atoms with Crippen molar-refractivity contribution in [3.63, 3.8) is 0 Å². The van der Waals surface area contributed by atoms with E-state index in [1.807, 2.05) is 0 Å². The maximum atomic E-state index is 11.0. The Morgan fingerprint density at radius 1 is 1.05 bits per heavy atom. The Morgan fingerprint density at radius 3 is 2.05 bits per heavy atom. The third kappa shape index (κ3) is 3.95. The molecule has 0 aliphatic carbocycles. The second kappa shape index (κ2) is 5.81. The molecule has 0 aliphatic heterocycles. The van der Waals surface area contributed by atoms with Crippen molar-refractivity contribution >= 4 is 23.5 Å². The monoisotopic (exact) mass is 264 g/mol. The number of rotatable bonds is 4. The van der Waals surface area contributed by atoms with E-state index in [9.17, 15) is 14.4 Å². The van der Waals surface area contributed by atoms with Gasteiger partial charge < -0.3 is 14.6 Å². The fraction of sp³-hybridized carbons (Fsp3) is 0.154. The predicted molar refractivity (Wildman–Crippen MR) is 65.7 cm³/mol. The van der Waals surface area contributed by atoms with Gasteiger partial charge in [0.05, 0.1) is 5.57 Å². The number of benzene rings is 1. The molecule has 1 aromatic carbocycles. The van der Waals surface area contributed by atoms with E-state index in [4.69, 9.17) is 14.6 Å². The number of esters is 2. The van der Waals surface area contributed by atoms with Gasteiger partial charge in [-0.3, -0.25) is 9.59 Å². The first-order valence-electron chi connectivity index (χ1n) is 5.24. The van der Waals surface area contributed by atoms with Crippen molar-refractivity contribution in [2.24, 2.45) is 0 Å².